The van der Waals surface area contributed by atoms with Gasteiger partial charge in [0, 0.05) is 18.5 Å². The van der Waals surface area contributed by atoms with Crippen LogP contribution in [0.2, 0.25) is 0 Å². The van der Waals surface area contributed by atoms with E-state index in [1.54, 1.807) is 4.68 Å². The molecule has 1 fully saturated rings. The van der Waals surface area contributed by atoms with E-state index in [2.05, 4.69) is 18.9 Å². The van der Waals surface area contributed by atoms with Crippen LogP contribution in [0.4, 0.5) is 0 Å². The van der Waals surface area contributed by atoms with E-state index in [9.17, 15) is 4.79 Å². The predicted octanol–water partition coefficient (Wildman–Crippen LogP) is 2.21. The fourth-order valence-corrected chi connectivity index (χ4v) is 3.03. The van der Waals surface area contributed by atoms with Gasteiger partial charge < -0.3 is 4.74 Å². The third kappa shape index (κ3) is 2.83. The minimum absolute atomic E-state index is 0.0667. The third-order valence-electron chi connectivity index (χ3n) is 2.88. The molecule has 94 valence electrons. The molecule has 0 radical (unpaired) electrons. The number of hydrogen-bond donors (Lipinski definition) is 0. The van der Waals surface area contributed by atoms with Crippen LogP contribution in [0, 0.1) is 0 Å². The van der Waals surface area contributed by atoms with Crippen LogP contribution in [0.25, 0.3) is 0 Å². The fourth-order valence-electron chi connectivity index (χ4n) is 1.94. The average Bonchev–Trinajstić information content (AvgIpc) is 2.86. The number of aryl methyl sites for hydroxylation is 1. The standard InChI is InChI=1S/C12H18N2O2S/c1-8(2)11-6-10(13-14(11)3)12(15)16-9-4-5-17-7-9/h6,8-9H,4-5,7H2,1-3H3. The topological polar surface area (TPSA) is 44.1 Å². The third-order valence-corrected chi connectivity index (χ3v) is 4.01. The number of nitrogens with zero attached hydrogens (tertiary/aromatic N) is 2. The molecule has 0 saturated carbocycles. The molecule has 5 heteroatoms. The first-order valence-corrected chi connectivity index (χ1v) is 7.06. The van der Waals surface area contributed by atoms with E-state index in [0.29, 0.717) is 11.6 Å². The molecule has 1 aliphatic heterocycles. The van der Waals surface area contributed by atoms with E-state index in [1.807, 2.05) is 24.9 Å². The van der Waals surface area contributed by atoms with Crippen LogP contribution >= 0.6 is 11.8 Å². The van der Waals surface area contributed by atoms with Crippen LogP contribution < -0.4 is 0 Å². The molecule has 0 bridgehead atoms. The van der Waals surface area contributed by atoms with Gasteiger partial charge in [0.25, 0.3) is 0 Å². The van der Waals surface area contributed by atoms with Crippen molar-refractivity contribution >= 4 is 17.7 Å². The molecular formula is C12H18N2O2S. The number of hydrogen-bond acceptors (Lipinski definition) is 4. The molecule has 0 aromatic carbocycles. The van der Waals surface area contributed by atoms with Crippen molar-refractivity contribution in [1.29, 1.82) is 0 Å². The molecule has 17 heavy (non-hydrogen) atoms. The Morgan fingerprint density at radius 3 is 2.94 bits per heavy atom. The van der Waals surface area contributed by atoms with Gasteiger partial charge in [-0.05, 0) is 24.2 Å². The van der Waals surface area contributed by atoms with Crippen LogP contribution in [-0.2, 0) is 11.8 Å². The first kappa shape index (κ1) is 12.5. The van der Waals surface area contributed by atoms with E-state index in [-0.39, 0.29) is 12.1 Å². The number of thioether (sulfide) groups is 1. The summed E-state index contributed by atoms with van der Waals surface area (Å²) in [6.45, 7) is 4.17. The van der Waals surface area contributed by atoms with Gasteiger partial charge in [0.15, 0.2) is 5.69 Å². The summed E-state index contributed by atoms with van der Waals surface area (Å²) in [7, 11) is 1.86. The minimum Gasteiger partial charge on any atom is -0.457 e. The zero-order valence-corrected chi connectivity index (χ0v) is 11.3. The van der Waals surface area contributed by atoms with E-state index in [1.165, 1.54) is 0 Å². The van der Waals surface area contributed by atoms with Crippen LogP contribution in [0.5, 0.6) is 0 Å². The van der Waals surface area contributed by atoms with Crippen molar-refractivity contribution in [2.24, 2.45) is 7.05 Å². The van der Waals surface area contributed by atoms with Gasteiger partial charge in [0.2, 0.25) is 0 Å². The van der Waals surface area contributed by atoms with E-state index < -0.39 is 0 Å². The molecule has 1 atom stereocenters. The molecule has 1 unspecified atom stereocenters. The Balaban J connectivity index is 2.05. The SMILES string of the molecule is CC(C)c1cc(C(=O)OC2CCSC2)nn1C. The molecule has 1 aromatic heterocycles. The number of carbonyl (C=O) groups excluding carboxylic acids is 1. The summed E-state index contributed by atoms with van der Waals surface area (Å²) in [5.41, 5.74) is 1.48. The molecule has 1 saturated heterocycles. The Morgan fingerprint density at radius 2 is 2.41 bits per heavy atom. The highest BCUT2D eigenvalue weighted by atomic mass is 32.2. The van der Waals surface area contributed by atoms with Gasteiger partial charge in [-0.25, -0.2) is 4.79 Å². The van der Waals surface area contributed by atoms with Crippen LogP contribution in [0.3, 0.4) is 0 Å². The van der Waals surface area contributed by atoms with Gasteiger partial charge in [-0.2, -0.15) is 16.9 Å². The minimum atomic E-state index is -0.292. The van der Waals surface area contributed by atoms with Crippen LogP contribution in [0.1, 0.15) is 42.4 Å². The summed E-state index contributed by atoms with van der Waals surface area (Å²) in [4.78, 5) is 11.9. The molecular weight excluding hydrogens is 236 g/mol. The van der Waals surface area contributed by atoms with Gasteiger partial charge in [-0.15, -0.1) is 0 Å². The number of ether oxygens (including phenoxy) is 1. The molecule has 0 aliphatic carbocycles. The zero-order valence-electron chi connectivity index (χ0n) is 10.5. The molecule has 2 heterocycles. The maximum absolute atomic E-state index is 11.9. The number of esters is 1. The van der Waals surface area contributed by atoms with E-state index in [4.69, 9.17) is 4.74 Å². The smallest absolute Gasteiger partial charge is 0.359 e. The molecule has 0 spiro atoms. The van der Waals surface area contributed by atoms with E-state index in [0.717, 1.165) is 23.6 Å². The van der Waals surface area contributed by atoms with Gasteiger partial charge in [0.1, 0.15) is 6.10 Å². The maximum atomic E-state index is 11.9. The Hall–Kier alpha value is -0.970. The van der Waals surface area contributed by atoms with Crippen molar-refractivity contribution in [3.05, 3.63) is 17.5 Å². The normalized spacial score (nSPS) is 19.9. The average molecular weight is 254 g/mol. The highest BCUT2D eigenvalue weighted by Gasteiger charge is 2.23. The molecule has 4 nitrogen and oxygen atoms in total. The Kier molecular flexibility index (Phi) is 3.76. The van der Waals surface area contributed by atoms with E-state index >= 15 is 0 Å². The lowest BCUT2D eigenvalue weighted by molar-refractivity contribution is 0.0349. The van der Waals surface area contributed by atoms with Gasteiger partial charge in [0.05, 0.1) is 0 Å². The lowest BCUT2D eigenvalue weighted by Gasteiger charge is -2.08. The van der Waals surface area contributed by atoms with Crippen molar-refractivity contribution in [2.75, 3.05) is 11.5 Å². The first-order valence-electron chi connectivity index (χ1n) is 5.90. The highest BCUT2D eigenvalue weighted by molar-refractivity contribution is 7.99. The Morgan fingerprint density at radius 1 is 1.65 bits per heavy atom. The van der Waals surface area contributed by atoms with Gasteiger partial charge >= 0.3 is 5.97 Å². The van der Waals surface area contributed by atoms with Crippen LogP contribution in [-0.4, -0.2) is 33.4 Å². The summed E-state index contributed by atoms with van der Waals surface area (Å²) < 4.78 is 7.16. The number of carbonyl (C=O) groups is 1. The second kappa shape index (κ2) is 5.12. The number of rotatable bonds is 3. The summed E-state index contributed by atoms with van der Waals surface area (Å²) in [5, 5.41) is 4.21. The van der Waals surface area contributed by atoms with Crippen molar-refractivity contribution in [2.45, 2.75) is 32.3 Å². The Bertz CT molecular complexity index is 409. The quantitative estimate of drug-likeness (QED) is 0.776. The second-order valence-electron chi connectivity index (χ2n) is 4.62. The summed E-state index contributed by atoms with van der Waals surface area (Å²) in [5.74, 6) is 2.06. The molecule has 0 amide bonds. The van der Waals surface area contributed by atoms with Gasteiger partial charge in [-0.3, -0.25) is 4.68 Å². The molecule has 1 aliphatic rings. The molecule has 1 aromatic rings. The summed E-state index contributed by atoms with van der Waals surface area (Å²) >= 11 is 1.83. The second-order valence-corrected chi connectivity index (χ2v) is 5.77. The monoisotopic (exact) mass is 254 g/mol. The Labute approximate surface area is 106 Å². The first-order chi connectivity index (χ1) is 8.08. The van der Waals surface area contributed by atoms with Crippen molar-refractivity contribution in [3.8, 4) is 0 Å². The maximum Gasteiger partial charge on any atom is 0.359 e. The summed E-state index contributed by atoms with van der Waals surface area (Å²) in [6.07, 6.45) is 1.03. The van der Waals surface area contributed by atoms with Crippen molar-refractivity contribution in [3.63, 3.8) is 0 Å². The lowest BCUT2D eigenvalue weighted by Crippen LogP contribution is -2.17. The van der Waals surface area contributed by atoms with Gasteiger partial charge in [-0.1, -0.05) is 13.8 Å². The lowest BCUT2D eigenvalue weighted by atomic mass is 10.1. The zero-order chi connectivity index (χ0) is 12.4. The predicted molar refractivity (Wildman–Crippen MR) is 68.4 cm³/mol. The highest BCUT2D eigenvalue weighted by Crippen LogP contribution is 2.21. The number of aromatic nitrogens is 2. The van der Waals surface area contributed by atoms with Crippen molar-refractivity contribution < 1.29 is 9.53 Å². The van der Waals surface area contributed by atoms with Crippen LogP contribution in [0.15, 0.2) is 6.07 Å². The largest absolute Gasteiger partial charge is 0.457 e. The fraction of sp³-hybridized carbons (Fsp3) is 0.667. The van der Waals surface area contributed by atoms with Crippen molar-refractivity contribution in [1.82, 2.24) is 9.78 Å². The molecule has 2 rings (SSSR count). The molecule has 0 N–H and O–H groups in total. The summed E-state index contributed by atoms with van der Waals surface area (Å²) in [6, 6.07) is 1.83.